The van der Waals surface area contributed by atoms with Crippen LogP contribution in [0.4, 0.5) is 5.69 Å². The number of nitrogens with one attached hydrogen (secondary N) is 1. The highest BCUT2D eigenvalue weighted by molar-refractivity contribution is 7.89. The monoisotopic (exact) mass is 296 g/mol. The molecule has 1 aromatic rings. The minimum absolute atomic E-state index is 0.100. The van der Waals surface area contributed by atoms with E-state index < -0.39 is 10.0 Å². The van der Waals surface area contributed by atoms with Crippen molar-refractivity contribution in [2.24, 2.45) is 11.8 Å². The van der Waals surface area contributed by atoms with Gasteiger partial charge in [-0.05, 0) is 55.7 Å². The first-order valence-corrected chi connectivity index (χ1v) is 8.45. The van der Waals surface area contributed by atoms with E-state index in [9.17, 15) is 8.42 Å². The van der Waals surface area contributed by atoms with Crippen LogP contribution in [0.5, 0.6) is 5.75 Å². The largest absolute Gasteiger partial charge is 0.495 e. The summed E-state index contributed by atoms with van der Waals surface area (Å²) in [7, 11) is -1.99. The summed E-state index contributed by atoms with van der Waals surface area (Å²) >= 11 is 0. The van der Waals surface area contributed by atoms with E-state index in [0.717, 1.165) is 25.7 Å². The molecule has 0 radical (unpaired) electrons. The highest BCUT2D eigenvalue weighted by Gasteiger charge is 2.43. The Bertz CT molecular complexity index is 595. The highest BCUT2D eigenvalue weighted by Crippen LogP contribution is 2.45. The van der Waals surface area contributed by atoms with Crippen molar-refractivity contribution in [1.29, 1.82) is 0 Å². The Kier molecular flexibility index (Phi) is 3.38. The Balaban J connectivity index is 1.81. The molecule has 0 heterocycles. The predicted molar refractivity (Wildman–Crippen MR) is 77.0 cm³/mol. The van der Waals surface area contributed by atoms with Crippen molar-refractivity contribution < 1.29 is 13.2 Å². The van der Waals surface area contributed by atoms with Gasteiger partial charge in [0.15, 0.2) is 0 Å². The fourth-order valence-corrected chi connectivity index (χ4v) is 4.02. The van der Waals surface area contributed by atoms with E-state index in [1.165, 1.54) is 19.2 Å². The summed E-state index contributed by atoms with van der Waals surface area (Å²) in [4.78, 5) is 0.210. The molecule has 0 bridgehead atoms. The van der Waals surface area contributed by atoms with Crippen LogP contribution in [-0.4, -0.2) is 21.6 Å². The van der Waals surface area contributed by atoms with Crippen LogP contribution >= 0.6 is 0 Å². The second-order valence-corrected chi connectivity index (χ2v) is 7.44. The Hall–Kier alpha value is -1.27. The Morgan fingerprint density at radius 2 is 1.85 bits per heavy atom. The molecular weight excluding hydrogens is 276 g/mol. The zero-order chi connectivity index (χ0) is 14.3. The first-order chi connectivity index (χ1) is 9.51. The number of benzene rings is 1. The summed E-state index contributed by atoms with van der Waals surface area (Å²) < 4.78 is 32.8. The van der Waals surface area contributed by atoms with Crippen molar-refractivity contribution in [3.63, 3.8) is 0 Å². The van der Waals surface area contributed by atoms with E-state index in [1.807, 2.05) is 0 Å². The number of methoxy groups -OCH3 is 1. The van der Waals surface area contributed by atoms with E-state index in [0.29, 0.717) is 23.3 Å². The van der Waals surface area contributed by atoms with Crippen LogP contribution in [-0.2, 0) is 10.0 Å². The van der Waals surface area contributed by atoms with Crippen LogP contribution in [0, 0.1) is 11.8 Å². The van der Waals surface area contributed by atoms with Gasteiger partial charge in [0.1, 0.15) is 5.75 Å². The summed E-state index contributed by atoms with van der Waals surface area (Å²) in [6, 6.07) is 4.68. The lowest BCUT2D eigenvalue weighted by Gasteiger charge is -2.18. The third kappa shape index (κ3) is 2.76. The molecule has 5 nitrogen and oxygen atoms in total. The van der Waals surface area contributed by atoms with Gasteiger partial charge >= 0.3 is 0 Å². The lowest BCUT2D eigenvalue weighted by Crippen LogP contribution is -2.38. The van der Waals surface area contributed by atoms with Gasteiger partial charge in [-0.1, -0.05) is 0 Å². The first kappa shape index (κ1) is 13.7. The standard InChI is InChI=1S/C14H20N2O3S/c1-19-13-7-6-11(8-12(13)15)20(17,18)16-14(9-2-3-9)10-4-5-10/h6-10,14,16H,2-5,15H2,1H3. The molecule has 2 aliphatic rings. The number of anilines is 1. The maximum absolute atomic E-state index is 12.5. The lowest BCUT2D eigenvalue weighted by molar-refractivity contribution is 0.416. The Labute approximate surface area is 119 Å². The topological polar surface area (TPSA) is 81.4 Å². The molecule has 0 unspecified atom stereocenters. The molecular formula is C14H20N2O3S. The van der Waals surface area contributed by atoms with Crippen molar-refractivity contribution in [2.75, 3.05) is 12.8 Å². The van der Waals surface area contributed by atoms with E-state index in [4.69, 9.17) is 10.5 Å². The van der Waals surface area contributed by atoms with Gasteiger partial charge in [0, 0.05) is 6.04 Å². The molecule has 0 aromatic heterocycles. The van der Waals surface area contributed by atoms with Crippen molar-refractivity contribution >= 4 is 15.7 Å². The number of ether oxygens (including phenoxy) is 1. The third-order valence-electron chi connectivity index (χ3n) is 4.06. The molecule has 2 fully saturated rings. The predicted octanol–water partition coefficient (Wildman–Crippen LogP) is 1.74. The molecule has 0 spiro atoms. The number of nitrogens with two attached hydrogens (primary N) is 1. The van der Waals surface area contributed by atoms with Crippen molar-refractivity contribution in [3.8, 4) is 5.75 Å². The molecule has 0 saturated heterocycles. The van der Waals surface area contributed by atoms with Gasteiger partial charge in [-0.3, -0.25) is 0 Å². The number of rotatable bonds is 6. The molecule has 2 aliphatic carbocycles. The molecule has 3 N–H and O–H groups in total. The lowest BCUT2D eigenvalue weighted by atomic mass is 10.1. The summed E-state index contributed by atoms with van der Waals surface area (Å²) in [6.07, 6.45) is 4.53. The van der Waals surface area contributed by atoms with Crippen LogP contribution < -0.4 is 15.2 Å². The van der Waals surface area contributed by atoms with E-state index in [1.54, 1.807) is 6.07 Å². The van der Waals surface area contributed by atoms with E-state index in [-0.39, 0.29) is 10.9 Å². The fraction of sp³-hybridized carbons (Fsp3) is 0.571. The van der Waals surface area contributed by atoms with E-state index in [2.05, 4.69) is 4.72 Å². The number of sulfonamides is 1. The average Bonchev–Trinajstić information content (AvgIpc) is 3.29. The Morgan fingerprint density at radius 3 is 2.30 bits per heavy atom. The summed E-state index contributed by atoms with van der Waals surface area (Å²) in [5.41, 5.74) is 6.12. The molecule has 3 rings (SSSR count). The van der Waals surface area contributed by atoms with Crippen LogP contribution in [0.25, 0.3) is 0 Å². The molecule has 0 amide bonds. The molecule has 0 atom stereocenters. The number of hydrogen-bond acceptors (Lipinski definition) is 4. The SMILES string of the molecule is COc1ccc(S(=O)(=O)NC(C2CC2)C2CC2)cc1N. The van der Waals surface area contributed by atoms with Crippen molar-refractivity contribution in [1.82, 2.24) is 4.72 Å². The number of hydrogen-bond donors (Lipinski definition) is 2. The average molecular weight is 296 g/mol. The zero-order valence-corrected chi connectivity index (χ0v) is 12.3. The second kappa shape index (κ2) is 4.93. The highest BCUT2D eigenvalue weighted by atomic mass is 32.2. The van der Waals surface area contributed by atoms with Crippen molar-refractivity contribution in [3.05, 3.63) is 18.2 Å². The van der Waals surface area contributed by atoms with Gasteiger partial charge < -0.3 is 10.5 Å². The van der Waals surface area contributed by atoms with Crippen molar-refractivity contribution in [2.45, 2.75) is 36.6 Å². The van der Waals surface area contributed by atoms with Gasteiger partial charge in [-0.15, -0.1) is 0 Å². The van der Waals surface area contributed by atoms with Gasteiger partial charge in [0.2, 0.25) is 10.0 Å². The second-order valence-electron chi connectivity index (χ2n) is 5.73. The minimum atomic E-state index is -3.50. The molecule has 1 aromatic carbocycles. The van der Waals surface area contributed by atoms with Gasteiger partial charge in [0.25, 0.3) is 0 Å². The summed E-state index contributed by atoms with van der Waals surface area (Å²) in [5.74, 6) is 1.53. The third-order valence-corrected chi connectivity index (χ3v) is 5.52. The van der Waals surface area contributed by atoms with Crippen LogP contribution in [0.2, 0.25) is 0 Å². The zero-order valence-electron chi connectivity index (χ0n) is 11.5. The Morgan fingerprint density at radius 1 is 1.25 bits per heavy atom. The molecule has 20 heavy (non-hydrogen) atoms. The number of nitrogen functional groups attached to an aromatic ring is 1. The van der Waals surface area contributed by atoms with Crippen LogP contribution in [0.1, 0.15) is 25.7 Å². The minimum Gasteiger partial charge on any atom is -0.495 e. The molecule has 2 saturated carbocycles. The van der Waals surface area contributed by atoms with Gasteiger partial charge in [-0.25, -0.2) is 13.1 Å². The van der Waals surface area contributed by atoms with Gasteiger partial charge in [0.05, 0.1) is 17.7 Å². The molecule has 0 aliphatic heterocycles. The summed E-state index contributed by atoms with van der Waals surface area (Å²) in [6.45, 7) is 0. The molecule has 6 heteroatoms. The van der Waals surface area contributed by atoms with Gasteiger partial charge in [-0.2, -0.15) is 0 Å². The fourth-order valence-electron chi connectivity index (χ4n) is 2.61. The molecule has 110 valence electrons. The summed E-state index contributed by atoms with van der Waals surface area (Å²) in [5, 5.41) is 0. The normalized spacial score (nSPS) is 19.3. The maximum Gasteiger partial charge on any atom is 0.240 e. The maximum atomic E-state index is 12.5. The van der Waals surface area contributed by atoms with Crippen LogP contribution in [0.3, 0.4) is 0 Å². The quantitative estimate of drug-likeness (QED) is 0.784. The van der Waals surface area contributed by atoms with E-state index >= 15 is 0 Å². The smallest absolute Gasteiger partial charge is 0.240 e. The van der Waals surface area contributed by atoms with Crippen LogP contribution in [0.15, 0.2) is 23.1 Å². The first-order valence-electron chi connectivity index (χ1n) is 6.97.